The van der Waals surface area contributed by atoms with Crippen molar-refractivity contribution in [2.45, 2.75) is 232 Å². The number of ketones is 1. The molecule has 5 aromatic rings. The average Bonchev–Trinajstić information content (AvgIpc) is 0.824. The van der Waals surface area contributed by atoms with Gasteiger partial charge in [0.2, 0.25) is 94.5 Å². The molecule has 768 valence electrons. The maximum atomic E-state index is 15.4. The number of carboxylic acid groups (broad SMARTS) is 2. The fraction of sp³-hybridized carbons (Fsp3) is 0.505. The van der Waals surface area contributed by atoms with Crippen molar-refractivity contribution in [3.05, 3.63) is 155 Å². The first-order valence-electron chi connectivity index (χ1n) is 46.7. The lowest BCUT2D eigenvalue weighted by Crippen LogP contribution is -2.64. The van der Waals surface area contributed by atoms with E-state index in [2.05, 4.69) is 69.1 Å². The molecule has 1 aliphatic heterocycles. The summed E-state index contributed by atoms with van der Waals surface area (Å²) in [5.74, 6) is -25.2. The zero-order valence-electron chi connectivity index (χ0n) is 82.0. The Morgan fingerprint density at radius 2 is 0.915 bits per heavy atom. The summed E-state index contributed by atoms with van der Waals surface area (Å²) in [6, 6.07) is 15.0. The Balaban J connectivity index is 1.52. The van der Waals surface area contributed by atoms with Gasteiger partial charge in [-0.3, -0.25) is 86.3 Å². The molecule has 1 heterocycles. The average molecular weight is 1980 g/mol. The summed E-state index contributed by atoms with van der Waals surface area (Å²) in [4.78, 5) is 274. The van der Waals surface area contributed by atoms with Gasteiger partial charge in [-0.15, -0.1) is 11.8 Å². The van der Waals surface area contributed by atoms with Gasteiger partial charge in [0, 0.05) is 57.4 Å². The fourth-order valence-electron chi connectivity index (χ4n) is 15.2. The normalized spacial score (nSPS) is 23.2. The van der Waals surface area contributed by atoms with Gasteiger partial charge in [0.25, 0.3) is 0 Å². The van der Waals surface area contributed by atoms with E-state index >= 15 is 33.6 Å². The number of carboxylic acids is 2. The number of hydrogen-bond acceptors (Lipinski definition) is 24. The van der Waals surface area contributed by atoms with Crippen LogP contribution in [0.1, 0.15) is 149 Å². The van der Waals surface area contributed by atoms with E-state index in [1.165, 1.54) is 62.5 Å². The lowest BCUT2D eigenvalue weighted by atomic mass is 9.85. The summed E-state index contributed by atoms with van der Waals surface area (Å²) < 4.78 is 11.0. The van der Waals surface area contributed by atoms with Gasteiger partial charge in [0.15, 0.2) is 12.4 Å². The molecule has 42 heteroatoms. The quantitative estimate of drug-likeness (QED) is 0.0287. The molecule has 0 unspecified atom stereocenters. The molecule has 1 aliphatic rings. The van der Waals surface area contributed by atoms with E-state index in [-0.39, 0.29) is 68.4 Å². The van der Waals surface area contributed by atoms with E-state index in [9.17, 15) is 72.9 Å². The van der Waals surface area contributed by atoms with Crippen LogP contribution in [0.4, 0.5) is 0 Å². The topological polar surface area (TPSA) is 641 Å². The van der Waals surface area contributed by atoms with Crippen molar-refractivity contribution in [2.75, 3.05) is 51.5 Å². The van der Waals surface area contributed by atoms with Crippen LogP contribution < -0.4 is 95.8 Å². The van der Waals surface area contributed by atoms with E-state index in [0.29, 0.717) is 39.8 Å². The van der Waals surface area contributed by atoms with E-state index in [4.69, 9.17) is 26.7 Å². The molecule has 5 aromatic carbocycles. The summed E-state index contributed by atoms with van der Waals surface area (Å²) in [6.07, 6.45) is -4.45. The largest absolute Gasteiger partial charge is 0.492 e. The highest BCUT2D eigenvalue weighted by Gasteiger charge is 2.44. The predicted molar refractivity (Wildman–Crippen MR) is 522 cm³/mol. The Labute approximate surface area is 824 Å². The standard InChI is InChI=1S/C99H137N17O24S/c1-53(2)37-69-79(118)45-68(56(7)8)87(127)115-99(13,52-117)98(138)113-78(88(128)103-48-81(102)120)50-141-51-82(121)104-72(41-61-27-33-67(34-28-61)140-49-84(124)125)91(131)108-73(43-62-25-31-66(32-26-62)139-36-35-100)92(132)112-77(47-83(122)123)95(135)110-75(44-63-20-18-19-58(11)40-63)93(133)107-71(39-55(5)6)90(130)109-74(42-60-23-29-65(30-24-60)64-21-16-15-17-22-64)96(136)114-85(57(9)10)97(137)116(14)59(12)86(126)106-70(38-54(3)4)89(129)111-76(46-80(101)119)94(134)105-69/h15-34,40,53-57,59,68-78,85,117H,35-39,41-52,100H2,1-14H3,(H2,101,119)(H2,102,120)(H,103,128)(H,104,121)(H,105,134)(H,106,126)(H,107,133)(H,108,131)(H,109,130)(H,110,135)(H,111,129)(H,112,132)(H,113,138)(H,114,136)(H,115,127)(H,122,123)(H,124,125)/t59-,68-,69-,70+,71-,72-,73-,74-,75-,76-,77-,78-,85-,99-/m0/s1. The smallest absolute Gasteiger partial charge is 0.341 e. The van der Waals surface area contributed by atoms with Gasteiger partial charge >= 0.3 is 11.9 Å². The second-order valence-electron chi connectivity index (χ2n) is 37.3. The van der Waals surface area contributed by atoms with Gasteiger partial charge in [-0.1, -0.05) is 178 Å². The lowest BCUT2D eigenvalue weighted by molar-refractivity contribution is -0.143. The summed E-state index contributed by atoms with van der Waals surface area (Å²) in [7, 11) is 1.27. The highest BCUT2D eigenvalue weighted by atomic mass is 32.2. The SMILES string of the molecule is Cc1cccc(C[C@@H]2NC(=O)[C@H](CC(=O)O)NC(=O)[C@H](Cc3ccc(OCCN)cc3)NC(=O)[C@H](Cc3ccc(OCC(=O)O)cc3)NC(=O)CSC[C@@H](C(=O)NCC(N)=O)NC(=O)[C@](C)(CO)NC(=O)[C@H](C(C)C)CC(=O)[C@H](CC(C)C)NC(=O)[C@H](CC(N)=O)NC(=O)[C@@H](CC(C)C)NC(=O)[C@H](C)N(C)C(=O)[C@H](C(C)C)NC(=O)[C@H](Cc3ccc(-c4ccccc4)cc3)NC(=O)[C@H](CC(C)C)NC2=O)c1. The van der Waals surface area contributed by atoms with Gasteiger partial charge in [0.05, 0.1) is 37.8 Å². The number of hydrogen-bond donors (Lipinski definition) is 19. The third-order valence-electron chi connectivity index (χ3n) is 23.1. The first-order valence-corrected chi connectivity index (χ1v) is 47.9. The van der Waals surface area contributed by atoms with Crippen molar-refractivity contribution in [3.8, 4) is 22.6 Å². The maximum Gasteiger partial charge on any atom is 0.341 e. The minimum Gasteiger partial charge on any atom is -0.492 e. The third-order valence-corrected chi connectivity index (χ3v) is 24.1. The molecule has 1 fully saturated rings. The molecule has 1 saturated heterocycles. The number of thioether (sulfide) groups is 1. The molecular weight excluding hydrogens is 1840 g/mol. The molecular formula is C99H137N17O24S. The number of carbonyl (C=O) groups is 19. The number of nitrogens with zero attached hydrogens (tertiary/aromatic N) is 1. The molecule has 0 bridgehead atoms. The molecule has 0 saturated carbocycles. The lowest BCUT2D eigenvalue weighted by Gasteiger charge is -2.33. The van der Waals surface area contributed by atoms with E-state index in [1.54, 1.807) is 125 Å². The Hall–Kier alpha value is -13.9. The van der Waals surface area contributed by atoms with E-state index in [1.807, 2.05) is 30.3 Å². The number of nitrogens with two attached hydrogens (primary N) is 3. The fourth-order valence-corrected chi connectivity index (χ4v) is 16.0. The third kappa shape index (κ3) is 38.7. The monoisotopic (exact) mass is 1980 g/mol. The Bertz CT molecular complexity index is 5180. The number of rotatable bonds is 31. The number of amides is 16. The highest BCUT2D eigenvalue weighted by molar-refractivity contribution is 8.00. The molecule has 0 aliphatic carbocycles. The number of ether oxygens (including phenoxy) is 2. The molecule has 22 N–H and O–H groups in total. The van der Waals surface area contributed by atoms with Crippen LogP contribution >= 0.6 is 11.8 Å². The highest BCUT2D eigenvalue weighted by Crippen LogP contribution is 2.26. The Morgan fingerprint density at radius 3 is 1.38 bits per heavy atom. The van der Waals surface area contributed by atoms with Crippen molar-refractivity contribution in [1.29, 1.82) is 0 Å². The summed E-state index contributed by atoms with van der Waals surface area (Å²) >= 11 is 0.666. The molecule has 14 atom stereocenters. The zero-order chi connectivity index (χ0) is 105. The van der Waals surface area contributed by atoms with Crippen LogP contribution in [0.25, 0.3) is 11.1 Å². The van der Waals surface area contributed by atoms with Gasteiger partial charge in [-0.05, 0) is 127 Å². The zero-order valence-corrected chi connectivity index (χ0v) is 82.9. The van der Waals surface area contributed by atoms with Crippen molar-refractivity contribution in [3.63, 3.8) is 0 Å². The number of Topliss-reactive ketones (excluding diaryl/α,β-unsaturated/α-hetero) is 1. The van der Waals surface area contributed by atoms with Crippen LogP contribution in [0.15, 0.2) is 127 Å². The predicted octanol–water partition coefficient (Wildman–Crippen LogP) is 0.505. The van der Waals surface area contributed by atoms with E-state index in [0.717, 1.165) is 23.0 Å². The molecule has 41 nitrogen and oxygen atoms in total. The van der Waals surface area contributed by atoms with Gasteiger partial charge in [-0.2, -0.15) is 0 Å². The van der Waals surface area contributed by atoms with E-state index < -0.39 is 277 Å². The van der Waals surface area contributed by atoms with Crippen LogP contribution in [0.2, 0.25) is 0 Å². The van der Waals surface area contributed by atoms with Gasteiger partial charge in [0.1, 0.15) is 90.1 Å². The second-order valence-corrected chi connectivity index (χ2v) is 38.4. The number of aryl methyl sites for hydroxylation is 1. The maximum absolute atomic E-state index is 15.4. The van der Waals surface area contributed by atoms with Gasteiger partial charge in [-0.25, -0.2) is 4.79 Å². The number of primary amides is 2. The number of aliphatic hydroxyl groups excluding tert-OH is 1. The molecule has 16 amide bonds. The van der Waals surface area contributed by atoms with Crippen molar-refractivity contribution in [1.82, 2.24) is 74.0 Å². The minimum atomic E-state index is -2.35. The number of aliphatic hydroxyl groups is 1. The first-order chi connectivity index (χ1) is 66.5. The van der Waals surface area contributed by atoms with Crippen LogP contribution in [-0.2, 0) is 117 Å². The van der Waals surface area contributed by atoms with Crippen LogP contribution in [-0.4, -0.2) is 262 Å². The Morgan fingerprint density at radius 1 is 0.482 bits per heavy atom. The van der Waals surface area contributed by atoms with Crippen molar-refractivity contribution in [2.24, 2.45) is 52.7 Å². The van der Waals surface area contributed by atoms with Crippen LogP contribution in [0, 0.1) is 42.4 Å². The second kappa shape index (κ2) is 56.4. The molecule has 141 heavy (non-hydrogen) atoms. The van der Waals surface area contributed by atoms with Gasteiger partial charge < -0.3 is 116 Å². The molecule has 0 radical (unpaired) electrons. The number of carbonyl (C=O) groups excluding carboxylic acids is 17. The molecule has 6 rings (SSSR count). The molecule has 0 spiro atoms. The summed E-state index contributed by atoms with van der Waals surface area (Å²) in [6.45, 7) is 18.4. The number of likely N-dealkylation sites (N-methyl/N-ethyl adjacent to an activating group) is 1. The Kier molecular flexibility index (Phi) is 46.3. The summed E-state index contributed by atoms with van der Waals surface area (Å²) in [5.41, 5.74) is 18.3. The van der Waals surface area contributed by atoms with Crippen LogP contribution in [0.3, 0.4) is 0 Å². The molecule has 0 aromatic heterocycles. The van der Waals surface area contributed by atoms with Crippen molar-refractivity contribution < 1.29 is 116 Å². The van der Waals surface area contributed by atoms with Crippen molar-refractivity contribution >= 4 is 124 Å². The number of aliphatic carboxylic acids is 2. The number of nitrogens with one attached hydrogen (secondary N) is 13. The number of benzene rings is 5. The first kappa shape index (κ1) is 116. The minimum absolute atomic E-state index is 0.0728. The van der Waals surface area contributed by atoms with Crippen LogP contribution in [0.5, 0.6) is 11.5 Å². The summed E-state index contributed by atoms with van der Waals surface area (Å²) in [5, 5.41) is 64.6.